The standard InChI is InChI=1S/C15H23NO3S/c1-2-9-20(17,18)10-8-19-13-7-6-12-4-3-5-15(16)14(12)11-13/h6-7,11,15H,2-5,8-10,16H2,1H3. The second kappa shape index (κ2) is 6.59. The Hall–Kier alpha value is -1.07. The van der Waals surface area contributed by atoms with Gasteiger partial charge in [-0.2, -0.15) is 0 Å². The van der Waals surface area contributed by atoms with E-state index >= 15 is 0 Å². The number of hydrogen-bond acceptors (Lipinski definition) is 4. The van der Waals surface area contributed by atoms with Crippen LogP contribution in [0.1, 0.15) is 43.4 Å². The monoisotopic (exact) mass is 297 g/mol. The topological polar surface area (TPSA) is 69.4 Å². The largest absolute Gasteiger partial charge is 0.493 e. The van der Waals surface area contributed by atoms with Gasteiger partial charge in [-0.3, -0.25) is 0 Å². The van der Waals surface area contributed by atoms with Crippen LogP contribution in [0, 0.1) is 0 Å². The van der Waals surface area contributed by atoms with Gasteiger partial charge in [0.25, 0.3) is 0 Å². The van der Waals surface area contributed by atoms with Crippen molar-refractivity contribution in [1.82, 2.24) is 0 Å². The third kappa shape index (κ3) is 3.96. The lowest BCUT2D eigenvalue weighted by atomic mass is 9.88. The number of fused-ring (bicyclic) bond motifs is 1. The van der Waals surface area contributed by atoms with E-state index in [0.29, 0.717) is 12.2 Å². The molecule has 0 aromatic heterocycles. The molecule has 1 aromatic rings. The van der Waals surface area contributed by atoms with Gasteiger partial charge in [-0.05, 0) is 48.9 Å². The summed E-state index contributed by atoms with van der Waals surface area (Å²) in [5.74, 6) is 1.02. The third-order valence-electron chi connectivity index (χ3n) is 3.66. The molecule has 0 amide bonds. The maximum absolute atomic E-state index is 11.6. The first-order chi connectivity index (χ1) is 9.52. The van der Waals surface area contributed by atoms with Gasteiger partial charge in [-0.15, -0.1) is 0 Å². The third-order valence-corrected chi connectivity index (χ3v) is 5.48. The molecule has 2 N–H and O–H groups in total. The van der Waals surface area contributed by atoms with Gasteiger partial charge in [0.1, 0.15) is 12.4 Å². The molecule has 0 saturated heterocycles. The number of hydrogen-bond donors (Lipinski definition) is 1. The molecule has 2 rings (SSSR count). The molecule has 1 aliphatic rings. The predicted molar refractivity (Wildman–Crippen MR) is 80.7 cm³/mol. The van der Waals surface area contributed by atoms with Crippen LogP contribution in [0.4, 0.5) is 0 Å². The van der Waals surface area contributed by atoms with Crippen molar-refractivity contribution in [1.29, 1.82) is 0 Å². The van der Waals surface area contributed by atoms with Crippen molar-refractivity contribution in [2.75, 3.05) is 18.1 Å². The van der Waals surface area contributed by atoms with Crippen LogP contribution >= 0.6 is 0 Å². The maximum Gasteiger partial charge on any atom is 0.153 e. The van der Waals surface area contributed by atoms with Crippen molar-refractivity contribution in [3.63, 3.8) is 0 Å². The van der Waals surface area contributed by atoms with Crippen molar-refractivity contribution >= 4 is 9.84 Å². The van der Waals surface area contributed by atoms with E-state index in [1.165, 1.54) is 5.56 Å². The molecule has 112 valence electrons. The Morgan fingerprint density at radius 1 is 1.35 bits per heavy atom. The van der Waals surface area contributed by atoms with E-state index < -0.39 is 9.84 Å². The number of sulfone groups is 1. The number of rotatable bonds is 6. The lowest BCUT2D eigenvalue weighted by Crippen LogP contribution is -2.18. The molecule has 1 aliphatic carbocycles. The number of benzene rings is 1. The number of nitrogens with two attached hydrogens (primary N) is 1. The average molecular weight is 297 g/mol. The minimum Gasteiger partial charge on any atom is -0.493 e. The van der Waals surface area contributed by atoms with Crippen molar-refractivity contribution in [3.05, 3.63) is 29.3 Å². The highest BCUT2D eigenvalue weighted by molar-refractivity contribution is 7.91. The highest BCUT2D eigenvalue weighted by Gasteiger charge is 2.17. The maximum atomic E-state index is 11.6. The van der Waals surface area contributed by atoms with Crippen molar-refractivity contribution in [2.24, 2.45) is 5.73 Å². The lowest BCUT2D eigenvalue weighted by molar-refractivity contribution is 0.339. The van der Waals surface area contributed by atoms with Crippen molar-refractivity contribution in [2.45, 2.75) is 38.6 Å². The van der Waals surface area contributed by atoms with Gasteiger partial charge < -0.3 is 10.5 Å². The van der Waals surface area contributed by atoms with E-state index in [9.17, 15) is 8.42 Å². The molecule has 1 atom stereocenters. The van der Waals surface area contributed by atoms with Gasteiger partial charge in [-0.25, -0.2) is 8.42 Å². The molecule has 0 saturated carbocycles. The SMILES string of the molecule is CCCS(=O)(=O)CCOc1ccc2c(c1)C(N)CCC2. The molecular formula is C15H23NO3S. The molecule has 5 heteroatoms. The molecule has 0 bridgehead atoms. The fraction of sp³-hybridized carbons (Fsp3) is 0.600. The summed E-state index contributed by atoms with van der Waals surface area (Å²) in [7, 11) is -2.98. The van der Waals surface area contributed by atoms with Gasteiger partial charge in [0, 0.05) is 6.04 Å². The van der Waals surface area contributed by atoms with Crippen LogP contribution in [-0.2, 0) is 16.3 Å². The Bertz CT molecular complexity index is 554. The molecule has 4 nitrogen and oxygen atoms in total. The van der Waals surface area contributed by atoms with Crippen LogP contribution in [0.5, 0.6) is 5.75 Å². The predicted octanol–water partition coefficient (Wildman–Crippen LogP) is 2.23. The number of aryl methyl sites for hydroxylation is 1. The summed E-state index contributed by atoms with van der Waals surface area (Å²) in [4.78, 5) is 0. The lowest BCUT2D eigenvalue weighted by Gasteiger charge is -2.22. The first kappa shape index (κ1) is 15.3. The van der Waals surface area contributed by atoms with E-state index in [0.717, 1.165) is 24.8 Å². The molecule has 0 heterocycles. The summed E-state index contributed by atoms with van der Waals surface area (Å²) in [6.07, 6.45) is 3.84. The highest BCUT2D eigenvalue weighted by atomic mass is 32.2. The molecule has 0 spiro atoms. The van der Waals surface area contributed by atoms with E-state index in [1.807, 2.05) is 25.1 Å². The first-order valence-electron chi connectivity index (χ1n) is 7.23. The summed E-state index contributed by atoms with van der Waals surface area (Å²) in [6.45, 7) is 2.07. The molecule has 0 aliphatic heterocycles. The summed E-state index contributed by atoms with van der Waals surface area (Å²) in [6, 6.07) is 5.99. The molecular weight excluding hydrogens is 274 g/mol. The Kier molecular flexibility index (Phi) is 5.05. The Morgan fingerprint density at radius 3 is 2.90 bits per heavy atom. The van der Waals surface area contributed by atoms with E-state index in [1.54, 1.807) is 0 Å². The van der Waals surface area contributed by atoms with Gasteiger partial charge in [-0.1, -0.05) is 13.0 Å². The second-order valence-electron chi connectivity index (χ2n) is 5.36. The molecule has 1 unspecified atom stereocenters. The Morgan fingerprint density at radius 2 is 2.15 bits per heavy atom. The molecule has 0 fully saturated rings. The Labute approximate surface area is 121 Å². The normalized spacial score (nSPS) is 18.6. The van der Waals surface area contributed by atoms with Crippen molar-refractivity contribution < 1.29 is 13.2 Å². The van der Waals surface area contributed by atoms with Crippen molar-refractivity contribution in [3.8, 4) is 5.75 Å². The van der Waals surface area contributed by atoms with Gasteiger partial charge in [0.2, 0.25) is 0 Å². The quantitative estimate of drug-likeness (QED) is 0.874. The van der Waals surface area contributed by atoms with Crippen LogP contribution in [0.3, 0.4) is 0 Å². The number of ether oxygens (including phenoxy) is 1. The van der Waals surface area contributed by atoms with Crippen LogP contribution < -0.4 is 10.5 Å². The zero-order valence-electron chi connectivity index (χ0n) is 12.0. The average Bonchev–Trinajstić information content (AvgIpc) is 2.39. The molecule has 20 heavy (non-hydrogen) atoms. The van der Waals surface area contributed by atoms with Crippen LogP contribution in [0.15, 0.2) is 18.2 Å². The van der Waals surface area contributed by atoms with Gasteiger partial charge >= 0.3 is 0 Å². The van der Waals surface area contributed by atoms with E-state index in [-0.39, 0.29) is 24.2 Å². The minimum absolute atomic E-state index is 0.0734. The highest BCUT2D eigenvalue weighted by Crippen LogP contribution is 2.30. The van der Waals surface area contributed by atoms with E-state index in [2.05, 4.69) is 0 Å². The zero-order valence-corrected chi connectivity index (χ0v) is 12.8. The molecule has 0 radical (unpaired) electrons. The summed E-state index contributed by atoms with van der Waals surface area (Å²) >= 11 is 0. The fourth-order valence-electron chi connectivity index (χ4n) is 2.60. The van der Waals surface area contributed by atoms with Crippen LogP contribution in [0.25, 0.3) is 0 Å². The summed E-state index contributed by atoms with van der Waals surface area (Å²) in [5, 5.41) is 0. The van der Waals surface area contributed by atoms with Gasteiger partial charge in [0.15, 0.2) is 9.84 Å². The van der Waals surface area contributed by atoms with E-state index in [4.69, 9.17) is 10.5 Å². The zero-order chi connectivity index (χ0) is 14.6. The van der Waals surface area contributed by atoms with Crippen LogP contribution in [0.2, 0.25) is 0 Å². The summed E-state index contributed by atoms with van der Waals surface area (Å²) in [5.41, 5.74) is 8.53. The first-order valence-corrected chi connectivity index (χ1v) is 9.05. The fourth-order valence-corrected chi connectivity index (χ4v) is 3.77. The van der Waals surface area contributed by atoms with Crippen LogP contribution in [-0.4, -0.2) is 26.5 Å². The Balaban J connectivity index is 1.96. The summed E-state index contributed by atoms with van der Waals surface area (Å²) < 4.78 is 28.8. The minimum atomic E-state index is -2.98. The molecule has 1 aromatic carbocycles. The van der Waals surface area contributed by atoms with Gasteiger partial charge in [0.05, 0.1) is 11.5 Å². The smallest absolute Gasteiger partial charge is 0.153 e. The second-order valence-corrected chi connectivity index (χ2v) is 7.66.